The van der Waals surface area contributed by atoms with Crippen LogP contribution in [0.5, 0.6) is 0 Å². The molecule has 0 bridgehead atoms. The van der Waals surface area contributed by atoms with Crippen molar-refractivity contribution in [3.8, 4) is 0 Å². The summed E-state index contributed by atoms with van der Waals surface area (Å²) in [6.45, 7) is 6.39. The van der Waals surface area contributed by atoms with E-state index in [1.807, 2.05) is 13.1 Å². The summed E-state index contributed by atoms with van der Waals surface area (Å²) in [5, 5.41) is 0. The highest BCUT2D eigenvalue weighted by atomic mass is 14.7. The Morgan fingerprint density at radius 3 is 2.71 bits per heavy atom. The Bertz CT molecular complexity index is 466. The number of fused-ring (bicyclic) bond motifs is 1. The minimum absolute atomic E-state index is 0.992. The zero-order chi connectivity index (χ0) is 12.3. The summed E-state index contributed by atoms with van der Waals surface area (Å²) >= 11 is 0. The summed E-state index contributed by atoms with van der Waals surface area (Å²) in [6.07, 6.45) is 6.53. The Hall–Kier alpha value is -1.37. The van der Waals surface area contributed by atoms with Crippen LogP contribution >= 0.6 is 0 Å². The van der Waals surface area contributed by atoms with Crippen molar-refractivity contribution in [2.24, 2.45) is 4.99 Å². The molecule has 0 atom stereocenters. The molecular weight excluding hydrogens is 206 g/mol. The standard InChI is InChI=1S/C16H21N/c1-4-17-16-11-15-9-8-12(2)10-14(15)7-5-6-13(16)3/h4,8-10H,5-7,11H2,1-3H3/b16-13+,17-4?. The quantitative estimate of drug-likeness (QED) is 0.636. The van der Waals surface area contributed by atoms with Crippen LogP contribution in [0.2, 0.25) is 0 Å². The van der Waals surface area contributed by atoms with E-state index < -0.39 is 0 Å². The molecule has 0 radical (unpaired) electrons. The van der Waals surface area contributed by atoms with Gasteiger partial charge in [0.2, 0.25) is 0 Å². The molecule has 0 amide bonds. The van der Waals surface area contributed by atoms with Crippen LogP contribution < -0.4 is 0 Å². The Morgan fingerprint density at radius 1 is 1.12 bits per heavy atom. The van der Waals surface area contributed by atoms with Crippen LogP contribution in [0.25, 0.3) is 0 Å². The first-order valence-corrected chi connectivity index (χ1v) is 6.46. The number of hydrogen-bond acceptors (Lipinski definition) is 1. The highest BCUT2D eigenvalue weighted by Gasteiger charge is 2.11. The largest absolute Gasteiger partial charge is 0.266 e. The lowest BCUT2D eigenvalue weighted by Gasteiger charge is -2.16. The second-order valence-corrected chi connectivity index (χ2v) is 4.92. The molecule has 0 spiro atoms. The van der Waals surface area contributed by atoms with Crippen molar-refractivity contribution in [1.82, 2.24) is 0 Å². The van der Waals surface area contributed by atoms with Gasteiger partial charge in [-0.15, -0.1) is 0 Å². The van der Waals surface area contributed by atoms with E-state index in [2.05, 4.69) is 37.0 Å². The number of allylic oxidation sites excluding steroid dienone is 2. The van der Waals surface area contributed by atoms with Crippen LogP contribution in [0.4, 0.5) is 0 Å². The van der Waals surface area contributed by atoms with Gasteiger partial charge in [-0.3, -0.25) is 4.99 Å². The molecule has 0 saturated carbocycles. The normalized spacial score (nSPS) is 21.1. The Labute approximate surface area is 104 Å². The summed E-state index contributed by atoms with van der Waals surface area (Å²) in [5.41, 5.74) is 7.05. The number of nitrogens with zero attached hydrogens (tertiary/aromatic N) is 1. The van der Waals surface area contributed by atoms with E-state index >= 15 is 0 Å². The van der Waals surface area contributed by atoms with Crippen molar-refractivity contribution in [3.05, 3.63) is 46.2 Å². The summed E-state index contributed by atoms with van der Waals surface area (Å²) in [6, 6.07) is 6.82. The number of benzene rings is 1. The summed E-state index contributed by atoms with van der Waals surface area (Å²) in [4.78, 5) is 4.54. The van der Waals surface area contributed by atoms with E-state index in [1.165, 1.54) is 47.2 Å². The molecule has 1 heteroatoms. The van der Waals surface area contributed by atoms with Crippen LogP contribution in [0.1, 0.15) is 43.4 Å². The van der Waals surface area contributed by atoms with Crippen LogP contribution in [0.15, 0.2) is 34.5 Å². The first-order valence-electron chi connectivity index (χ1n) is 6.46. The predicted molar refractivity (Wildman–Crippen MR) is 74.7 cm³/mol. The van der Waals surface area contributed by atoms with Gasteiger partial charge in [-0.2, -0.15) is 0 Å². The van der Waals surface area contributed by atoms with Crippen molar-refractivity contribution in [1.29, 1.82) is 0 Å². The molecule has 0 aromatic heterocycles. The molecule has 1 aromatic rings. The molecule has 0 saturated heterocycles. The molecule has 0 unspecified atom stereocenters. The monoisotopic (exact) mass is 227 g/mol. The van der Waals surface area contributed by atoms with E-state index in [0.717, 1.165) is 6.42 Å². The average Bonchev–Trinajstić information content (AvgIpc) is 2.29. The maximum Gasteiger partial charge on any atom is 0.0432 e. The van der Waals surface area contributed by atoms with Gasteiger partial charge in [0.1, 0.15) is 0 Å². The number of aliphatic imine (C=N–C) groups is 1. The summed E-state index contributed by atoms with van der Waals surface area (Å²) in [7, 11) is 0. The van der Waals surface area contributed by atoms with Gasteiger partial charge >= 0.3 is 0 Å². The van der Waals surface area contributed by atoms with Crippen LogP contribution in [-0.2, 0) is 12.8 Å². The minimum Gasteiger partial charge on any atom is -0.266 e. The molecular formula is C16H21N. The Kier molecular flexibility index (Phi) is 3.78. The molecule has 2 rings (SSSR count). The van der Waals surface area contributed by atoms with E-state index in [4.69, 9.17) is 0 Å². The van der Waals surface area contributed by atoms with Crippen molar-refractivity contribution < 1.29 is 0 Å². The molecule has 0 heterocycles. The van der Waals surface area contributed by atoms with Crippen molar-refractivity contribution in [2.45, 2.75) is 46.5 Å². The molecule has 90 valence electrons. The second-order valence-electron chi connectivity index (χ2n) is 4.92. The minimum atomic E-state index is 0.992. The van der Waals surface area contributed by atoms with Gasteiger partial charge < -0.3 is 0 Å². The molecule has 1 aromatic carbocycles. The van der Waals surface area contributed by atoms with E-state index in [-0.39, 0.29) is 0 Å². The Balaban J connectivity index is 2.39. The van der Waals surface area contributed by atoms with Gasteiger partial charge in [-0.25, -0.2) is 0 Å². The number of rotatable bonds is 1. The van der Waals surface area contributed by atoms with Crippen molar-refractivity contribution in [3.63, 3.8) is 0 Å². The molecule has 17 heavy (non-hydrogen) atoms. The lowest BCUT2D eigenvalue weighted by atomic mass is 9.91. The van der Waals surface area contributed by atoms with Gasteiger partial charge in [-0.1, -0.05) is 29.3 Å². The topological polar surface area (TPSA) is 12.4 Å². The SMILES string of the molecule is CC=N/C1=C(\C)CCCc2cc(C)ccc2C1. The fourth-order valence-corrected chi connectivity index (χ4v) is 2.49. The number of hydrogen-bond donors (Lipinski definition) is 0. The first kappa shape index (κ1) is 12.1. The van der Waals surface area contributed by atoms with Crippen LogP contribution in [0.3, 0.4) is 0 Å². The van der Waals surface area contributed by atoms with Crippen molar-refractivity contribution in [2.75, 3.05) is 0 Å². The van der Waals surface area contributed by atoms with Gasteiger partial charge in [0.25, 0.3) is 0 Å². The smallest absolute Gasteiger partial charge is 0.0432 e. The maximum absolute atomic E-state index is 4.54. The zero-order valence-electron chi connectivity index (χ0n) is 11.1. The van der Waals surface area contributed by atoms with E-state index in [9.17, 15) is 0 Å². The maximum atomic E-state index is 4.54. The van der Waals surface area contributed by atoms with Gasteiger partial charge in [0.05, 0.1) is 0 Å². The van der Waals surface area contributed by atoms with E-state index in [1.54, 1.807) is 0 Å². The molecule has 1 aliphatic rings. The average molecular weight is 227 g/mol. The molecule has 0 N–H and O–H groups in total. The molecule has 0 aliphatic heterocycles. The third kappa shape index (κ3) is 2.85. The fourth-order valence-electron chi connectivity index (χ4n) is 2.49. The Morgan fingerprint density at radius 2 is 1.94 bits per heavy atom. The van der Waals surface area contributed by atoms with Gasteiger partial charge in [0.15, 0.2) is 0 Å². The van der Waals surface area contributed by atoms with Gasteiger partial charge in [-0.05, 0) is 51.2 Å². The summed E-state index contributed by atoms with van der Waals surface area (Å²) in [5.74, 6) is 0. The lowest BCUT2D eigenvalue weighted by Crippen LogP contribution is -2.03. The van der Waals surface area contributed by atoms with Gasteiger partial charge in [0, 0.05) is 18.3 Å². The van der Waals surface area contributed by atoms with E-state index in [0.29, 0.717) is 0 Å². The van der Waals surface area contributed by atoms with Crippen LogP contribution in [-0.4, -0.2) is 6.21 Å². The zero-order valence-corrected chi connectivity index (χ0v) is 11.1. The fraction of sp³-hybridized carbons (Fsp3) is 0.438. The second kappa shape index (κ2) is 5.31. The third-order valence-corrected chi connectivity index (χ3v) is 3.50. The summed E-state index contributed by atoms with van der Waals surface area (Å²) < 4.78 is 0. The first-order chi connectivity index (χ1) is 8.20. The highest BCUT2D eigenvalue weighted by Crippen LogP contribution is 2.25. The van der Waals surface area contributed by atoms with Crippen molar-refractivity contribution >= 4 is 6.21 Å². The molecule has 1 nitrogen and oxygen atoms in total. The molecule has 1 aliphatic carbocycles. The van der Waals surface area contributed by atoms with Crippen LogP contribution in [0, 0.1) is 6.92 Å². The lowest BCUT2D eigenvalue weighted by molar-refractivity contribution is 0.772. The number of aryl methyl sites for hydroxylation is 2. The molecule has 0 fully saturated rings. The highest BCUT2D eigenvalue weighted by molar-refractivity contribution is 5.56. The third-order valence-electron chi connectivity index (χ3n) is 3.50. The predicted octanol–water partition coefficient (Wildman–Crippen LogP) is 4.24.